The Kier molecular flexibility index (Phi) is 3.36. The van der Waals surface area contributed by atoms with Crippen LogP contribution in [0.15, 0.2) is 49.3 Å². The second-order valence-electron chi connectivity index (χ2n) is 3.68. The third-order valence-corrected chi connectivity index (χ3v) is 2.25. The molecule has 3 aromatic rings. The van der Waals surface area contributed by atoms with Crippen molar-refractivity contribution in [2.45, 2.75) is 0 Å². The summed E-state index contributed by atoms with van der Waals surface area (Å²) in [5.74, 6) is 1.96. The van der Waals surface area contributed by atoms with Crippen molar-refractivity contribution in [3.63, 3.8) is 0 Å². The Balaban J connectivity index is 1.76. The van der Waals surface area contributed by atoms with Gasteiger partial charge in [-0.1, -0.05) is 0 Å². The fourth-order valence-electron chi connectivity index (χ4n) is 1.44. The van der Waals surface area contributed by atoms with Crippen LogP contribution in [-0.2, 0) is 0 Å². The molecule has 0 saturated carbocycles. The molecule has 0 aliphatic carbocycles. The standard InChI is InChI=1S/C12H10N8/c1-3-14-11(15-4-1)19-9-7-13-8-10(18-9)20-12-16-5-2-6-17-12/h1-8H,(H2,14,15,16,17,18,19,20). The second kappa shape index (κ2) is 5.65. The van der Waals surface area contributed by atoms with Gasteiger partial charge in [-0.25, -0.2) is 24.9 Å². The van der Waals surface area contributed by atoms with Crippen LogP contribution in [0.1, 0.15) is 0 Å². The maximum atomic E-state index is 4.32. The Morgan fingerprint density at radius 3 is 1.55 bits per heavy atom. The molecule has 3 rings (SSSR count). The maximum Gasteiger partial charge on any atom is 0.228 e. The van der Waals surface area contributed by atoms with Crippen molar-refractivity contribution in [1.29, 1.82) is 0 Å². The van der Waals surface area contributed by atoms with Gasteiger partial charge in [-0.05, 0) is 12.1 Å². The highest BCUT2D eigenvalue weighted by atomic mass is 15.2. The van der Waals surface area contributed by atoms with Crippen LogP contribution in [0.5, 0.6) is 0 Å². The number of hydrogen-bond acceptors (Lipinski definition) is 8. The lowest BCUT2D eigenvalue weighted by atomic mass is 10.6. The highest BCUT2D eigenvalue weighted by Crippen LogP contribution is 2.13. The smallest absolute Gasteiger partial charge is 0.228 e. The molecule has 8 nitrogen and oxygen atoms in total. The summed E-state index contributed by atoms with van der Waals surface area (Å²) in [5.41, 5.74) is 0. The van der Waals surface area contributed by atoms with Crippen LogP contribution in [0.25, 0.3) is 0 Å². The zero-order chi connectivity index (χ0) is 13.6. The first-order chi connectivity index (χ1) is 9.90. The molecule has 0 spiro atoms. The van der Waals surface area contributed by atoms with Gasteiger partial charge in [0, 0.05) is 24.8 Å². The molecule has 0 aliphatic heterocycles. The molecule has 2 N–H and O–H groups in total. The van der Waals surface area contributed by atoms with Crippen molar-refractivity contribution in [2.75, 3.05) is 10.6 Å². The van der Waals surface area contributed by atoms with Gasteiger partial charge in [0.05, 0.1) is 12.4 Å². The first kappa shape index (κ1) is 11.9. The summed E-state index contributed by atoms with van der Waals surface area (Å²) in [6.45, 7) is 0. The predicted molar refractivity (Wildman–Crippen MR) is 72.7 cm³/mol. The summed E-state index contributed by atoms with van der Waals surface area (Å²) >= 11 is 0. The molecular formula is C12H10N8. The lowest BCUT2D eigenvalue weighted by molar-refractivity contribution is 1.11. The fourth-order valence-corrected chi connectivity index (χ4v) is 1.44. The summed E-state index contributed by atoms with van der Waals surface area (Å²) in [6.07, 6.45) is 9.72. The minimum atomic E-state index is 0.454. The van der Waals surface area contributed by atoms with Gasteiger partial charge in [0.25, 0.3) is 0 Å². The van der Waals surface area contributed by atoms with Gasteiger partial charge < -0.3 is 10.6 Å². The van der Waals surface area contributed by atoms with Crippen molar-refractivity contribution in [2.24, 2.45) is 0 Å². The summed E-state index contributed by atoms with van der Waals surface area (Å²) in [6, 6.07) is 3.48. The SMILES string of the molecule is c1cnc(Nc2cncc(Nc3ncccn3)n2)nc1. The molecule has 0 unspecified atom stereocenters. The first-order valence-corrected chi connectivity index (χ1v) is 5.80. The van der Waals surface area contributed by atoms with Gasteiger partial charge in [-0.2, -0.15) is 0 Å². The van der Waals surface area contributed by atoms with Crippen LogP contribution in [0.4, 0.5) is 23.5 Å². The van der Waals surface area contributed by atoms with E-state index < -0.39 is 0 Å². The number of anilines is 4. The Labute approximate surface area is 114 Å². The number of nitrogens with zero attached hydrogens (tertiary/aromatic N) is 6. The van der Waals surface area contributed by atoms with Crippen LogP contribution >= 0.6 is 0 Å². The molecule has 0 amide bonds. The molecule has 8 heteroatoms. The minimum absolute atomic E-state index is 0.454. The normalized spacial score (nSPS) is 10.0. The van der Waals surface area contributed by atoms with Crippen molar-refractivity contribution in [1.82, 2.24) is 29.9 Å². The molecule has 3 aromatic heterocycles. The minimum Gasteiger partial charge on any atom is -0.307 e. The van der Waals surface area contributed by atoms with Crippen LogP contribution in [0.2, 0.25) is 0 Å². The van der Waals surface area contributed by atoms with E-state index >= 15 is 0 Å². The molecule has 0 aliphatic rings. The number of hydrogen-bond donors (Lipinski definition) is 2. The Hall–Kier alpha value is -3.16. The molecule has 20 heavy (non-hydrogen) atoms. The van der Waals surface area contributed by atoms with E-state index in [2.05, 4.69) is 40.5 Å². The van der Waals surface area contributed by atoms with E-state index in [9.17, 15) is 0 Å². The molecule has 0 atom stereocenters. The lowest BCUT2D eigenvalue weighted by Gasteiger charge is -2.06. The third-order valence-electron chi connectivity index (χ3n) is 2.25. The first-order valence-electron chi connectivity index (χ1n) is 5.80. The van der Waals surface area contributed by atoms with E-state index in [1.807, 2.05) is 0 Å². The fraction of sp³-hybridized carbons (Fsp3) is 0. The van der Waals surface area contributed by atoms with E-state index in [0.717, 1.165) is 0 Å². The molecular weight excluding hydrogens is 256 g/mol. The van der Waals surface area contributed by atoms with Crippen molar-refractivity contribution >= 4 is 23.5 Å². The number of nitrogens with one attached hydrogen (secondary N) is 2. The Morgan fingerprint density at radius 2 is 1.10 bits per heavy atom. The molecule has 0 aromatic carbocycles. The molecule has 0 fully saturated rings. The van der Waals surface area contributed by atoms with Crippen LogP contribution in [-0.4, -0.2) is 29.9 Å². The second-order valence-corrected chi connectivity index (χ2v) is 3.68. The van der Waals surface area contributed by atoms with Crippen molar-refractivity contribution < 1.29 is 0 Å². The molecule has 0 radical (unpaired) electrons. The summed E-state index contributed by atoms with van der Waals surface area (Å²) in [4.78, 5) is 24.6. The van der Waals surface area contributed by atoms with Gasteiger partial charge >= 0.3 is 0 Å². The molecule has 3 heterocycles. The highest BCUT2D eigenvalue weighted by Gasteiger charge is 2.02. The van der Waals surface area contributed by atoms with E-state index in [0.29, 0.717) is 23.5 Å². The van der Waals surface area contributed by atoms with Gasteiger partial charge in [0.15, 0.2) is 11.6 Å². The van der Waals surface area contributed by atoms with Crippen LogP contribution < -0.4 is 10.6 Å². The van der Waals surface area contributed by atoms with Crippen LogP contribution in [0, 0.1) is 0 Å². The molecule has 0 saturated heterocycles. The van der Waals surface area contributed by atoms with Crippen molar-refractivity contribution in [3.8, 4) is 0 Å². The van der Waals surface area contributed by atoms with Gasteiger partial charge in [0.1, 0.15) is 0 Å². The van der Waals surface area contributed by atoms with Gasteiger partial charge in [0.2, 0.25) is 11.9 Å². The summed E-state index contributed by atoms with van der Waals surface area (Å²) in [7, 11) is 0. The quantitative estimate of drug-likeness (QED) is 0.733. The number of aromatic nitrogens is 6. The Morgan fingerprint density at radius 1 is 0.650 bits per heavy atom. The largest absolute Gasteiger partial charge is 0.307 e. The predicted octanol–water partition coefficient (Wildman–Crippen LogP) is 1.54. The highest BCUT2D eigenvalue weighted by molar-refractivity contribution is 5.52. The van der Waals surface area contributed by atoms with Crippen molar-refractivity contribution in [3.05, 3.63) is 49.3 Å². The Bertz CT molecular complexity index is 617. The third kappa shape index (κ3) is 2.99. The van der Waals surface area contributed by atoms with E-state index in [1.165, 1.54) is 0 Å². The zero-order valence-electron chi connectivity index (χ0n) is 10.3. The average molecular weight is 266 g/mol. The van der Waals surface area contributed by atoms with Gasteiger partial charge in [-0.3, -0.25) is 4.98 Å². The van der Waals surface area contributed by atoms with Gasteiger partial charge in [-0.15, -0.1) is 0 Å². The van der Waals surface area contributed by atoms with E-state index in [4.69, 9.17) is 0 Å². The summed E-state index contributed by atoms with van der Waals surface area (Å²) in [5, 5.41) is 5.91. The monoisotopic (exact) mass is 266 g/mol. The molecule has 0 bridgehead atoms. The topological polar surface area (TPSA) is 101 Å². The van der Waals surface area contributed by atoms with Crippen LogP contribution in [0.3, 0.4) is 0 Å². The lowest BCUT2D eigenvalue weighted by Crippen LogP contribution is -2.02. The maximum absolute atomic E-state index is 4.32. The zero-order valence-corrected chi connectivity index (χ0v) is 10.3. The summed E-state index contributed by atoms with van der Waals surface area (Å²) < 4.78 is 0. The molecule has 98 valence electrons. The van der Waals surface area contributed by atoms with E-state index in [1.54, 1.807) is 49.3 Å². The van der Waals surface area contributed by atoms with E-state index in [-0.39, 0.29) is 0 Å². The average Bonchev–Trinajstić information content (AvgIpc) is 2.50. The number of rotatable bonds is 4.